The van der Waals surface area contributed by atoms with E-state index in [0.29, 0.717) is 42.6 Å². The molecule has 0 radical (unpaired) electrons. The Balaban J connectivity index is 0.000000308. The first-order valence-corrected chi connectivity index (χ1v) is 19.9. The van der Waals surface area contributed by atoms with Crippen molar-refractivity contribution in [2.24, 2.45) is 0 Å². The Kier molecular flexibility index (Phi) is 18.8. The van der Waals surface area contributed by atoms with Crippen molar-refractivity contribution in [3.05, 3.63) is 149 Å². The second-order valence-corrected chi connectivity index (χ2v) is 14.6. The van der Waals surface area contributed by atoms with Crippen molar-refractivity contribution in [1.82, 2.24) is 25.9 Å². The third-order valence-corrected chi connectivity index (χ3v) is 9.58. The van der Waals surface area contributed by atoms with Gasteiger partial charge in [-0.1, -0.05) is 55.8 Å². The molecule has 3 aromatic carbocycles. The summed E-state index contributed by atoms with van der Waals surface area (Å²) in [5.74, 6) is -0.866. The Hall–Kier alpha value is -5.79. The van der Waals surface area contributed by atoms with Gasteiger partial charge in [0, 0.05) is 49.2 Å². The Morgan fingerprint density at radius 1 is 0.729 bits per heavy atom. The number of nitrogen functional groups attached to an aromatic ring is 1. The maximum absolute atomic E-state index is 13.8. The normalized spacial score (nSPS) is 12.4. The number of anilines is 2. The van der Waals surface area contributed by atoms with Crippen LogP contribution >= 0.6 is 0 Å². The second-order valence-electron chi connectivity index (χ2n) is 14.6. The molecule has 0 saturated carbocycles. The summed E-state index contributed by atoms with van der Waals surface area (Å²) in [5, 5.41) is 12.2. The number of methoxy groups -OCH3 is 1. The topological polar surface area (TPSA) is 143 Å². The summed E-state index contributed by atoms with van der Waals surface area (Å²) in [6.45, 7) is 7.44. The van der Waals surface area contributed by atoms with E-state index >= 15 is 0 Å². The number of aromatic nitrogens is 2. The van der Waals surface area contributed by atoms with Crippen LogP contribution in [0.3, 0.4) is 0 Å². The molecule has 5 aromatic rings. The highest BCUT2D eigenvalue weighted by Crippen LogP contribution is 2.14. The van der Waals surface area contributed by atoms with E-state index in [9.17, 15) is 22.8 Å². The molecule has 0 aliphatic heterocycles. The number of carbonyl (C=O) groups excluding carboxylic acids is 2. The van der Waals surface area contributed by atoms with Crippen molar-refractivity contribution >= 4 is 23.5 Å². The number of rotatable bonds is 20. The largest absolute Gasteiger partial charge is 0.497 e. The number of amides is 2. The zero-order valence-electron chi connectivity index (χ0n) is 34.2. The van der Waals surface area contributed by atoms with Crippen molar-refractivity contribution in [3.8, 4) is 5.75 Å². The highest BCUT2D eigenvalue weighted by atomic mass is 19.1. The van der Waals surface area contributed by atoms with Gasteiger partial charge in [-0.15, -0.1) is 0 Å². The molecule has 0 fully saturated rings. The summed E-state index contributed by atoms with van der Waals surface area (Å²) in [7, 11) is 1.68. The van der Waals surface area contributed by atoms with Crippen molar-refractivity contribution in [1.29, 1.82) is 0 Å². The SMILES string of the molecule is CCCC(NC(=O)Cc1cc(F)cc(F)c1)C(=O)Nc1ccc(CCC(C)NCc2ccccc2F)cn1.COc1ccc(CNC(C)CCc2ccc(N)nc2)cc1. The molecule has 0 aliphatic carbocycles. The second kappa shape index (κ2) is 24.2. The minimum absolute atomic E-state index is 0.163. The molecule has 2 aromatic heterocycles. The van der Waals surface area contributed by atoms with Crippen LogP contribution in [-0.2, 0) is 41.9 Å². The molecule has 5 rings (SSSR count). The number of aryl methyl sites for hydroxylation is 2. The van der Waals surface area contributed by atoms with E-state index in [-0.39, 0.29) is 23.8 Å². The number of nitrogens with one attached hydrogen (secondary N) is 4. The van der Waals surface area contributed by atoms with Gasteiger partial charge in [-0.2, -0.15) is 0 Å². The minimum atomic E-state index is -0.811. The van der Waals surface area contributed by atoms with Crippen LogP contribution in [0.5, 0.6) is 5.75 Å². The van der Waals surface area contributed by atoms with Crippen LogP contribution in [0.25, 0.3) is 0 Å². The Labute approximate surface area is 345 Å². The van der Waals surface area contributed by atoms with Crippen LogP contribution in [0.1, 0.15) is 74.3 Å². The molecule has 59 heavy (non-hydrogen) atoms. The molecule has 3 atom stereocenters. The van der Waals surface area contributed by atoms with Gasteiger partial charge in [0.15, 0.2) is 0 Å². The van der Waals surface area contributed by atoms with Crippen molar-refractivity contribution in [2.75, 3.05) is 18.2 Å². The molecular weight excluding hydrogens is 756 g/mol. The molecule has 0 spiro atoms. The predicted octanol–water partition coefficient (Wildman–Crippen LogP) is 7.86. The number of nitrogens with two attached hydrogens (primary N) is 1. The summed E-state index contributed by atoms with van der Waals surface area (Å²) >= 11 is 0. The van der Waals surface area contributed by atoms with Crippen LogP contribution in [-0.4, -0.2) is 47.0 Å². The molecule has 10 nitrogen and oxygen atoms in total. The van der Waals surface area contributed by atoms with E-state index in [1.807, 2.05) is 56.4 Å². The standard InChI is InChI=1S/C29H33F3N4O2.C17H23N3O/c1-3-6-26(35-28(37)15-21-13-23(30)16-24(31)14-21)29(38)36-27-12-11-20(17-34-27)10-9-19(2)33-18-22-7-4-5-8-25(22)32;1-13(3-4-14-7-10-17(18)20-12-14)19-11-15-5-8-16(21-2)9-6-15/h4-5,7-8,11-14,16-17,19,26,33H,3,6,9-10,15,18H2,1-2H3,(H,35,37)(H,34,36,38);5-10,12-13,19H,3-4,11H2,1-2H3,(H2,18,20). The molecule has 0 aliphatic rings. The zero-order chi connectivity index (χ0) is 42.6. The van der Waals surface area contributed by atoms with E-state index in [1.165, 1.54) is 17.2 Å². The smallest absolute Gasteiger partial charge is 0.248 e. The van der Waals surface area contributed by atoms with Gasteiger partial charge < -0.3 is 31.7 Å². The van der Waals surface area contributed by atoms with Crippen molar-refractivity contribution in [2.45, 2.75) is 96.9 Å². The molecular formula is C46H56F3N7O3. The Morgan fingerprint density at radius 3 is 1.92 bits per heavy atom. The van der Waals surface area contributed by atoms with Crippen LogP contribution in [0, 0.1) is 17.5 Å². The number of nitrogens with zero attached hydrogens (tertiary/aromatic N) is 2. The molecule has 13 heteroatoms. The summed E-state index contributed by atoms with van der Waals surface area (Å²) in [5.41, 5.74) is 9.87. The zero-order valence-corrected chi connectivity index (χ0v) is 34.2. The van der Waals surface area contributed by atoms with Gasteiger partial charge >= 0.3 is 0 Å². The summed E-state index contributed by atoms with van der Waals surface area (Å²) in [6, 6.07) is 25.0. The van der Waals surface area contributed by atoms with E-state index in [4.69, 9.17) is 10.5 Å². The first kappa shape index (κ1) is 45.9. The third-order valence-electron chi connectivity index (χ3n) is 9.58. The summed E-state index contributed by atoms with van der Waals surface area (Å²) in [4.78, 5) is 33.6. The lowest BCUT2D eigenvalue weighted by molar-refractivity contribution is -0.126. The van der Waals surface area contributed by atoms with Crippen LogP contribution < -0.4 is 31.7 Å². The van der Waals surface area contributed by atoms with E-state index in [1.54, 1.807) is 31.5 Å². The number of pyridine rings is 2. The maximum Gasteiger partial charge on any atom is 0.248 e. The number of ether oxygens (including phenoxy) is 1. The van der Waals surface area contributed by atoms with Gasteiger partial charge in [-0.3, -0.25) is 9.59 Å². The van der Waals surface area contributed by atoms with Crippen molar-refractivity contribution in [3.63, 3.8) is 0 Å². The van der Waals surface area contributed by atoms with Gasteiger partial charge in [-0.05, 0) is 111 Å². The lowest BCUT2D eigenvalue weighted by Crippen LogP contribution is -2.44. The van der Waals surface area contributed by atoms with E-state index in [2.05, 4.69) is 50.3 Å². The summed E-state index contributed by atoms with van der Waals surface area (Å²) in [6.07, 6.45) is 7.97. The average molecular weight is 812 g/mol. The number of hydrogen-bond acceptors (Lipinski definition) is 8. The van der Waals surface area contributed by atoms with Gasteiger partial charge in [0.25, 0.3) is 0 Å². The van der Waals surface area contributed by atoms with Gasteiger partial charge in [0.1, 0.15) is 40.9 Å². The quantitative estimate of drug-likeness (QED) is 0.0535. The first-order chi connectivity index (χ1) is 28.4. The van der Waals surface area contributed by atoms with Crippen LogP contribution in [0.2, 0.25) is 0 Å². The number of carbonyl (C=O) groups is 2. The highest BCUT2D eigenvalue weighted by molar-refractivity contribution is 5.96. The molecule has 3 unspecified atom stereocenters. The number of benzene rings is 3. The molecule has 6 N–H and O–H groups in total. The lowest BCUT2D eigenvalue weighted by Gasteiger charge is -2.18. The maximum atomic E-state index is 13.8. The number of hydrogen-bond donors (Lipinski definition) is 5. The van der Waals surface area contributed by atoms with Gasteiger partial charge in [-0.25, -0.2) is 23.1 Å². The fraction of sp³-hybridized carbons (Fsp3) is 0.348. The van der Waals surface area contributed by atoms with Crippen LogP contribution in [0.4, 0.5) is 24.8 Å². The van der Waals surface area contributed by atoms with Gasteiger partial charge in [0.05, 0.1) is 13.5 Å². The van der Waals surface area contributed by atoms with E-state index < -0.39 is 29.5 Å². The monoisotopic (exact) mass is 811 g/mol. The fourth-order valence-electron chi connectivity index (χ4n) is 6.08. The molecule has 2 amide bonds. The third kappa shape index (κ3) is 16.9. The molecule has 2 heterocycles. The first-order valence-electron chi connectivity index (χ1n) is 19.9. The van der Waals surface area contributed by atoms with Gasteiger partial charge in [0.2, 0.25) is 11.8 Å². The molecule has 0 saturated heterocycles. The Morgan fingerprint density at radius 2 is 1.34 bits per heavy atom. The minimum Gasteiger partial charge on any atom is -0.497 e. The molecule has 314 valence electrons. The average Bonchev–Trinajstić information content (AvgIpc) is 3.22. The Bertz CT molecular complexity index is 2010. The van der Waals surface area contributed by atoms with E-state index in [0.717, 1.165) is 61.7 Å². The van der Waals surface area contributed by atoms with Crippen molar-refractivity contribution < 1.29 is 27.5 Å². The molecule has 0 bridgehead atoms. The van der Waals surface area contributed by atoms with Crippen LogP contribution in [0.15, 0.2) is 103 Å². The highest BCUT2D eigenvalue weighted by Gasteiger charge is 2.21. The number of halogens is 3. The summed E-state index contributed by atoms with van der Waals surface area (Å²) < 4.78 is 45.7. The predicted molar refractivity (Wildman–Crippen MR) is 227 cm³/mol. The lowest BCUT2D eigenvalue weighted by atomic mass is 10.1. The fourth-order valence-corrected chi connectivity index (χ4v) is 6.08.